The summed E-state index contributed by atoms with van der Waals surface area (Å²) in [6.07, 6.45) is 0. The Morgan fingerprint density at radius 2 is 1.85 bits per heavy atom. The van der Waals surface area contributed by atoms with Gasteiger partial charge in [0.05, 0.1) is 18.0 Å². The van der Waals surface area contributed by atoms with Crippen molar-refractivity contribution >= 4 is 16.0 Å². The molecule has 0 unspecified atom stereocenters. The van der Waals surface area contributed by atoms with Crippen LogP contribution in [0.15, 0.2) is 34.2 Å². The van der Waals surface area contributed by atoms with Gasteiger partial charge in [0.15, 0.2) is 5.96 Å². The summed E-state index contributed by atoms with van der Waals surface area (Å²) in [6.45, 7) is 12.2. The van der Waals surface area contributed by atoms with Crippen molar-refractivity contribution in [3.63, 3.8) is 0 Å². The lowest BCUT2D eigenvalue weighted by Crippen LogP contribution is -2.41. The quantitative estimate of drug-likeness (QED) is 0.343. The molecule has 0 aromatic heterocycles. The summed E-state index contributed by atoms with van der Waals surface area (Å²) in [6, 6.07) is 6.92. The van der Waals surface area contributed by atoms with Crippen LogP contribution in [0.25, 0.3) is 0 Å². The molecule has 0 fully saturated rings. The van der Waals surface area contributed by atoms with Gasteiger partial charge in [-0.2, -0.15) is 0 Å². The van der Waals surface area contributed by atoms with Gasteiger partial charge in [-0.3, -0.25) is 0 Å². The van der Waals surface area contributed by atoms with Gasteiger partial charge in [0.25, 0.3) is 0 Å². The zero-order valence-electron chi connectivity index (χ0n) is 16.4. The zero-order chi connectivity index (χ0) is 19.6. The fourth-order valence-electron chi connectivity index (χ4n) is 2.25. The van der Waals surface area contributed by atoms with Crippen LogP contribution in [0.4, 0.5) is 0 Å². The molecule has 0 heterocycles. The molecule has 0 bridgehead atoms. The number of rotatable bonds is 9. The van der Waals surface area contributed by atoms with E-state index in [0.29, 0.717) is 37.8 Å². The standard InChI is InChI=1S/C18H32N4O3S/c1-6-19-17(20-12-13-25-7-2)21-14-15-10-8-9-11-16(15)26(23,24)22-18(3,4)5/h8-11,22H,6-7,12-14H2,1-5H3,(H2,19,20,21). The van der Waals surface area contributed by atoms with Crippen LogP contribution in [0.2, 0.25) is 0 Å². The Morgan fingerprint density at radius 3 is 2.46 bits per heavy atom. The first-order chi connectivity index (χ1) is 12.2. The Balaban J connectivity index is 2.94. The van der Waals surface area contributed by atoms with Gasteiger partial charge in [-0.25, -0.2) is 18.1 Å². The Bertz CT molecular complexity index is 682. The number of hydrogen-bond donors (Lipinski definition) is 3. The summed E-state index contributed by atoms with van der Waals surface area (Å²) in [5.41, 5.74) is 0.0941. The topological polar surface area (TPSA) is 91.8 Å². The lowest BCUT2D eigenvalue weighted by Gasteiger charge is -2.21. The summed E-state index contributed by atoms with van der Waals surface area (Å²) in [5.74, 6) is 0.628. The van der Waals surface area contributed by atoms with Crippen LogP contribution in [-0.2, 0) is 21.3 Å². The van der Waals surface area contributed by atoms with Crippen LogP contribution in [0.3, 0.4) is 0 Å². The van der Waals surface area contributed by atoms with Crippen molar-refractivity contribution in [2.45, 2.75) is 51.6 Å². The first-order valence-electron chi connectivity index (χ1n) is 8.91. The van der Waals surface area contributed by atoms with E-state index in [4.69, 9.17) is 4.74 Å². The second kappa shape index (κ2) is 10.5. The lowest BCUT2D eigenvalue weighted by molar-refractivity contribution is 0.152. The molecule has 1 aromatic carbocycles. The number of aliphatic imine (C=N–C) groups is 1. The average molecular weight is 385 g/mol. The minimum absolute atomic E-state index is 0.254. The molecule has 3 N–H and O–H groups in total. The third-order valence-electron chi connectivity index (χ3n) is 3.20. The molecule has 0 amide bonds. The molecular formula is C18H32N4O3S. The first kappa shape index (κ1) is 22.4. The number of benzene rings is 1. The molecule has 7 nitrogen and oxygen atoms in total. The fraction of sp³-hybridized carbons (Fsp3) is 0.611. The molecular weight excluding hydrogens is 352 g/mol. The molecule has 148 valence electrons. The highest BCUT2D eigenvalue weighted by atomic mass is 32.2. The molecule has 0 spiro atoms. The van der Waals surface area contributed by atoms with Gasteiger partial charge in [0.2, 0.25) is 10.0 Å². The first-order valence-corrected chi connectivity index (χ1v) is 10.4. The third-order valence-corrected chi connectivity index (χ3v) is 5.06. The largest absolute Gasteiger partial charge is 0.380 e. The summed E-state index contributed by atoms with van der Waals surface area (Å²) in [7, 11) is -3.61. The van der Waals surface area contributed by atoms with E-state index in [1.165, 1.54) is 0 Å². The highest BCUT2D eigenvalue weighted by Gasteiger charge is 2.24. The van der Waals surface area contributed by atoms with E-state index < -0.39 is 15.6 Å². The predicted molar refractivity (Wildman–Crippen MR) is 106 cm³/mol. The average Bonchev–Trinajstić information content (AvgIpc) is 2.54. The Kier molecular flexibility index (Phi) is 9.04. The van der Waals surface area contributed by atoms with Crippen molar-refractivity contribution in [1.82, 2.24) is 15.4 Å². The normalized spacial score (nSPS) is 12.9. The summed E-state index contributed by atoms with van der Waals surface area (Å²) in [4.78, 5) is 4.75. The van der Waals surface area contributed by atoms with E-state index in [0.717, 1.165) is 0 Å². The van der Waals surface area contributed by atoms with E-state index in [1.54, 1.807) is 18.2 Å². The number of sulfonamides is 1. The molecule has 0 atom stereocenters. The number of ether oxygens (including phenoxy) is 1. The van der Waals surface area contributed by atoms with Crippen molar-refractivity contribution < 1.29 is 13.2 Å². The molecule has 8 heteroatoms. The highest BCUT2D eigenvalue weighted by Crippen LogP contribution is 2.18. The summed E-state index contributed by atoms with van der Waals surface area (Å²) < 4.78 is 33.3. The van der Waals surface area contributed by atoms with E-state index in [2.05, 4.69) is 20.3 Å². The SMILES string of the molecule is CCNC(=NCc1ccccc1S(=O)(=O)NC(C)(C)C)NCCOCC. The second-order valence-corrected chi connectivity index (χ2v) is 8.43. The zero-order valence-corrected chi connectivity index (χ0v) is 17.2. The van der Waals surface area contributed by atoms with Crippen LogP contribution in [0.5, 0.6) is 0 Å². The lowest BCUT2D eigenvalue weighted by atomic mass is 10.1. The van der Waals surface area contributed by atoms with Gasteiger partial charge in [-0.15, -0.1) is 0 Å². The van der Waals surface area contributed by atoms with Crippen LogP contribution < -0.4 is 15.4 Å². The molecule has 1 rings (SSSR count). The van der Waals surface area contributed by atoms with Gasteiger partial charge in [-0.1, -0.05) is 18.2 Å². The molecule has 0 aliphatic carbocycles. The van der Waals surface area contributed by atoms with Crippen LogP contribution >= 0.6 is 0 Å². The van der Waals surface area contributed by atoms with Crippen LogP contribution in [-0.4, -0.2) is 46.2 Å². The number of guanidine groups is 1. The van der Waals surface area contributed by atoms with E-state index in [-0.39, 0.29) is 11.4 Å². The van der Waals surface area contributed by atoms with Gasteiger partial charge in [0, 0.05) is 25.2 Å². The minimum atomic E-state index is -3.61. The second-order valence-electron chi connectivity index (χ2n) is 6.78. The van der Waals surface area contributed by atoms with Gasteiger partial charge in [0.1, 0.15) is 0 Å². The van der Waals surface area contributed by atoms with Crippen LogP contribution in [0, 0.1) is 0 Å². The molecule has 0 saturated heterocycles. The van der Waals surface area contributed by atoms with E-state index in [1.807, 2.05) is 40.7 Å². The molecule has 1 aromatic rings. The Labute approximate surface area is 157 Å². The van der Waals surface area contributed by atoms with Crippen molar-refractivity contribution in [3.05, 3.63) is 29.8 Å². The van der Waals surface area contributed by atoms with Gasteiger partial charge < -0.3 is 15.4 Å². The Hall–Kier alpha value is -1.64. The maximum Gasteiger partial charge on any atom is 0.241 e. The van der Waals surface area contributed by atoms with E-state index >= 15 is 0 Å². The number of nitrogens with one attached hydrogen (secondary N) is 3. The van der Waals surface area contributed by atoms with Crippen molar-refractivity contribution in [3.8, 4) is 0 Å². The monoisotopic (exact) mass is 384 g/mol. The molecule has 0 aliphatic rings. The number of nitrogens with zero attached hydrogens (tertiary/aromatic N) is 1. The minimum Gasteiger partial charge on any atom is -0.380 e. The summed E-state index contributed by atoms with van der Waals surface area (Å²) >= 11 is 0. The molecule has 0 aliphatic heterocycles. The molecule has 0 saturated carbocycles. The third kappa shape index (κ3) is 8.16. The van der Waals surface area contributed by atoms with Crippen molar-refractivity contribution in [1.29, 1.82) is 0 Å². The Morgan fingerprint density at radius 1 is 1.15 bits per heavy atom. The van der Waals surface area contributed by atoms with Gasteiger partial charge >= 0.3 is 0 Å². The maximum absolute atomic E-state index is 12.7. The van der Waals surface area contributed by atoms with Crippen molar-refractivity contribution in [2.75, 3.05) is 26.3 Å². The van der Waals surface area contributed by atoms with Gasteiger partial charge in [-0.05, 0) is 46.2 Å². The predicted octanol–water partition coefficient (Wildman–Crippen LogP) is 1.85. The summed E-state index contributed by atoms with van der Waals surface area (Å²) in [5, 5.41) is 6.32. The maximum atomic E-state index is 12.7. The highest BCUT2D eigenvalue weighted by molar-refractivity contribution is 7.89. The van der Waals surface area contributed by atoms with E-state index in [9.17, 15) is 8.42 Å². The molecule has 26 heavy (non-hydrogen) atoms. The fourth-order valence-corrected chi connectivity index (χ4v) is 3.90. The molecule has 0 radical (unpaired) electrons. The van der Waals surface area contributed by atoms with Crippen molar-refractivity contribution in [2.24, 2.45) is 4.99 Å². The van der Waals surface area contributed by atoms with Crippen LogP contribution in [0.1, 0.15) is 40.2 Å². The smallest absolute Gasteiger partial charge is 0.241 e. The number of hydrogen-bond acceptors (Lipinski definition) is 4.